The molecule has 1 aromatic rings. The number of aromatic amines is 1. The van der Waals surface area contributed by atoms with E-state index in [-0.39, 0.29) is 11.1 Å². The average molecular weight is 258 g/mol. The van der Waals surface area contributed by atoms with Gasteiger partial charge in [0, 0.05) is 25.6 Å². The Bertz CT molecular complexity index is 474. The highest BCUT2D eigenvalue weighted by atomic mass is 32.2. The van der Waals surface area contributed by atoms with Crippen LogP contribution in [0.15, 0.2) is 11.2 Å². The van der Waals surface area contributed by atoms with Crippen molar-refractivity contribution in [3.63, 3.8) is 0 Å². The van der Waals surface area contributed by atoms with Crippen molar-refractivity contribution in [2.45, 2.75) is 37.3 Å². The summed E-state index contributed by atoms with van der Waals surface area (Å²) in [7, 11) is -3.41. The van der Waals surface area contributed by atoms with E-state index in [1.165, 1.54) is 10.5 Å². The Hall–Kier alpha value is -0.920. The molecule has 0 atom stereocenters. The highest BCUT2D eigenvalue weighted by Gasteiger charge is 2.29. The number of imidazole rings is 1. The summed E-state index contributed by atoms with van der Waals surface area (Å²) in [5.41, 5.74) is 5.76. The van der Waals surface area contributed by atoms with E-state index in [2.05, 4.69) is 9.97 Å². The van der Waals surface area contributed by atoms with Crippen molar-refractivity contribution in [3.05, 3.63) is 12.0 Å². The number of piperidine rings is 1. The summed E-state index contributed by atoms with van der Waals surface area (Å²) >= 11 is 0. The molecule has 2 rings (SSSR count). The highest BCUT2D eigenvalue weighted by molar-refractivity contribution is 7.89. The zero-order chi connectivity index (χ0) is 12.5. The standard InChI is InChI=1S/C10H18N4O2S/c1-2-9-12-7-10(13-9)17(15,16)14-5-3-8(11)4-6-14/h7-8H,2-6,11H2,1H3,(H,12,13). The molecule has 0 unspecified atom stereocenters. The minimum atomic E-state index is -3.41. The highest BCUT2D eigenvalue weighted by Crippen LogP contribution is 2.18. The van der Waals surface area contributed by atoms with Gasteiger partial charge in [0.2, 0.25) is 0 Å². The Balaban J connectivity index is 2.18. The maximum Gasteiger partial charge on any atom is 0.260 e. The van der Waals surface area contributed by atoms with Crippen molar-refractivity contribution in [1.82, 2.24) is 14.3 Å². The largest absolute Gasteiger partial charge is 0.332 e. The van der Waals surface area contributed by atoms with Crippen LogP contribution in [-0.4, -0.2) is 41.8 Å². The van der Waals surface area contributed by atoms with Crippen LogP contribution in [0.4, 0.5) is 0 Å². The van der Waals surface area contributed by atoms with Gasteiger partial charge in [-0.05, 0) is 12.8 Å². The number of aryl methyl sites for hydroxylation is 1. The Morgan fingerprint density at radius 2 is 2.18 bits per heavy atom. The molecule has 0 spiro atoms. The maximum atomic E-state index is 12.2. The molecule has 0 amide bonds. The molecule has 3 N–H and O–H groups in total. The van der Waals surface area contributed by atoms with E-state index in [0.717, 1.165) is 0 Å². The number of hydrogen-bond donors (Lipinski definition) is 2. The lowest BCUT2D eigenvalue weighted by Gasteiger charge is -2.28. The smallest absolute Gasteiger partial charge is 0.260 e. The number of nitrogens with two attached hydrogens (primary N) is 1. The van der Waals surface area contributed by atoms with Crippen molar-refractivity contribution in [2.24, 2.45) is 5.73 Å². The van der Waals surface area contributed by atoms with Crippen LogP contribution >= 0.6 is 0 Å². The molecule has 2 heterocycles. The van der Waals surface area contributed by atoms with E-state index in [1.54, 1.807) is 0 Å². The normalized spacial score (nSPS) is 19.6. The lowest BCUT2D eigenvalue weighted by atomic mass is 10.1. The first-order chi connectivity index (χ1) is 8.04. The van der Waals surface area contributed by atoms with Crippen molar-refractivity contribution >= 4 is 10.0 Å². The van der Waals surface area contributed by atoms with Gasteiger partial charge in [-0.15, -0.1) is 0 Å². The average Bonchev–Trinajstić information content (AvgIpc) is 2.78. The van der Waals surface area contributed by atoms with E-state index in [1.807, 2.05) is 6.92 Å². The first kappa shape index (κ1) is 12.5. The van der Waals surface area contributed by atoms with Crippen molar-refractivity contribution in [2.75, 3.05) is 13.1 Å². The molecule has 0 aromatic carbocycles. The molecular formula is C10H18N4O2S. The first-order valence-electron chi connectivity index (χ1n) is 5.83. The minimum Gasteiger partial charge on any atom is -0.332 e. The van der Waals surface area contributed by atoms with Crippen LogP contribution in [-0.2, 0) is 16.4 Å². The van der Waals surface area contributed by atoms with Gasteiger partial charge < -0.3 is 10.7 Å². The van der Waals surface area contributed by atoms with Gasteiger partial charge >= 0.3 is 0 Å². The Morgan fingerprint density at radius 1 is 1.53 bits per heavy atom. The molecule has 0 radical (unpaired) electrons. The van der Waals surface area contributed by atoms with Gasteiger partial charge in [0.25, 0.3) is 10.0 Å². The third-order valence-corrected chi connectivity index (χ3v) is 4.86. The van der Waals surface area contributed by atoms with Gasteiger partial charge in [-0.2, -0.15) is 4.31 Å². The van der Waals surface area contributed by atoms with Gasteiger partial charge in [0.1, 0.15) is 5.82 Å². The predicted octanol–water partition coefficient (Wildman–Crippen LogP) is 0.0839. The number of rotatable bonds is 3. The summed E-state index contributed by atoms with van der Waals surface area (Å²) in [4.78, 5) is 6.86. The summed E-state index contributed by atoms with van der Waals surface area (Å²) in [5, 5.41) is 0.185. The quantitative estimate of drug-likeness (QED) is 0.803. The number of nitrogens with zero attached hydrogens (tertiary/aromatic N) is 2. The fraction of sp³-hybridized carbons (Fsp3) is 0.700. The van der Waals surface area contributed by atoms with Gasteiger partial charge in [0.05, 0.1) is 6.20 Å². The van der Waals surface area contributed by atoms with Crippen LogP contribution < -0.4 is 5.73 Å². The summed E-state index contributed by atoms with van der Waals surface area (Å²) in [5.74, 6) is 0.692. The molecule has 96 valence electrons. The second kappa shape index (κ2) is 4.75. The second-order valence-corrected chi connectivity index (χ2v) is 6.20. The van der Waals surface area contributed by atoms with Crippen LogP contribution in [0.5, 0.6) is 0 Å². The number of sulfonamides is 1. The first-order valence-corrected chi connectivity index (χ1v) is 7.27. The van der Waals surface area contributed by atoms with Crippen LogP contribution in [0.1, 0.15) is 25.6 Å². The van der Waals surface area contributed by atoms with Gasteiger partial charge in [-0.25, -0.2) is 13.4 Å². The molecule has 17 heavy (non-hydrogen) atoms. The van der Waals surface area contributed by atoms with E-state index in [9.17, 15) is 8.42 Å². The SMILES string of the molecule is CCc1ncc(S(=O)(=O)N2CCC(N)CC2)[nH]1. The molecule has 1 fully saturated rings. The number of hydrogen-bond acceptors (Lipinski definition) is 4. The van der Waals surface area contributed by atoms with E-state index in [0.29, 0.717) is 38.2 Å². The lowest BCUT2D eigenvalue weighted by molar-refractivity contribution is 0.319. The number of nitrogens with one attached hydrogen (secondary N) is 1. The zero-order valence-corrected chi connectivity index (χ0v) is 10.7. The predicted molar refractivity (Wildman–Crippen MR) is 63.9 cm³/mol. The summed E-state index contributed by atoms with van der Waals surface area (Å²) < 4.78 is 25.9. The van der Waals surface area contributed by atoms with E-state index in [4.69, 9.17) is 5.73 Å². The van der Waals surface area contributed by atoms with Crippen molar-refractivity contribution < 1.29 is 8.42 Å². The third-order valence-electron chi connectivity index (χ3n) is 3.06. The minimum absolute atomic E-state index is 0.120. The van der Waals surface area contributed by atoms with Gasteiger partial charge in [0.15, 0.2) is 5.03 Å². The fourth-order valence-corrected chi connectivity index (χ4v) is 3.31. The molecular weight excluding hydrogens is 240 g/mol. The maximum absolute atomic E-state index is 12.2. The third kappa shape index (κ3) is 2.51. The topological polar surface area (TPSA) is 92.1 Å². The van der Waals surface area contributed by atoms with Crippen molar-refractivity contribution in [1.29, 1.82) is 0 Å². The Labute approximate surface area is 101 Å². The van der Waals surface area contributed by atoms with Gasteiger partial charge in [-0.1, -0.05) is 6.92 Å². The molecule has 6 nitrogen and oxygen atoms in total. The monoisotopic (exact) mass is 258 g/mol. The lowest BCUT2D eigenvalue weighted by Crippen LogP contribution is -2.42. The van der Waals surface area contributed by atoms with Crippen LogP contribution in [0.25, 0.3) is 0 Å². The van der Waals surface area contributed by atoms with Crippen LogP contribution in [0, 0.1) is 0 Å². The summed E-state index contributed by atoms with van der Waals surface area (Å²) in [6.45, 7) is 2.91. The number of aromatic nitrogens is 2. The summed E-state index contributed by atoms with van der Waals surface area (Å²) in [6, 6.07) is 0.120. The van der Waals surface area contributed by atoms with Gasteiger partial charge in [-0.3, -0.25) is 0 Å². The molecule has 1 aliphatic heterocycles. The summed E-state index contributed by atoms with van der Waals surface area (Å²) in [6.07, 6.45) is 3.52. The molecule has 1 aromatic heterocycles. The Kier molecular flexibility index (Phi) is 3.50. The molecule has 1 aliphatic rings. The fourth-order valence-electron chi connectivity index (χ4n) is 1.91. The Morgan fingerprint density at radius 3 is 2.71 bits per heavy atom. The molecule has 0 aliphatic carbocycles. The second-order valence-electron chi connectivity index (χ2n) is 4.29. The number of H-pyrrole nitrogens is 1. The van der Waals surface area contributed by atoms with Crippen LogP contribution in [0.2, 0.25) is 0 Å². The molecule has 0 saturated carbocycles. The van der Waals surface area contributed by atoms with E-state index >= 15 is 0 Å². The van der Waals surface area contributed by atoms with Crippen LogP contribution in [0.3, 0.4) is 0 Å². The zero-order valence-electron chi connectivity index (χ0n) is 9.89. The molecule has 7 heteroatoms. The van der Waals surface area contributed by atoms with Crippen molar-refractivity contribution in [3.8, 4) is 0 Å². The van der Waals surface area contributed by atoms with E-state index < -0.39 is 10.0 Å². The molecule has 1 saturated heterocycles. The molecule has 0 bridgehead atoms.